The van der Waals surface area contributed by atoms with Crippen LogP contribution in [0.25, 0.3) is 0 Å². The maximum atomic E-state index is 11.2. The van der Waals surface area contributed by atoms with Crippen molar-refractivity contribution in [3.8, 4) is 0 Å². The number of hydrogen-bond donors (Lipinski definition) is 3. The van der Waals surface area contributed by atoms with Gasteiger partial charge in [0.2, 0.25) is 0 Å². The third-order valence-corrected chi connectivity index (χ3v) is 4.06. The largest absolute Gasteiger partial charge is 0.478 e. The fourth-order valence-electron chi connectivity index (χ4n) is 1.64. The molecular formula is C13H9BrCl2N2O2. The fraction of sp³-hybridized carbons (Fsp3) is 0. The first-order chi connectivity index (χ1) is 9.38. The monoisotopic (exact) mass is 374 g/mol. The molecule has 0 saturated carbocycles. The van der Waals surface area contributed by atoms with E-state index in [1.54, 1.807) is 18.2 Å². The summed E-state index contributed by atoms with van der Waals surface area (Å²) in [5.74, 6) is -1.12. The molecule has 0 aliphatic carbocycles. The number of hydrogen-bond acceptors (Lipinski definition) is 3. The lowest BCUT2D eigenvalue weighted by Crippen LogP contribution is -2.05. The van der Waals surface area contributed by atoms with Gasteiger partial charge in [-0.1, -0.05) is 23.2 Å². The van der Waals surface area contributed by atoms with E-state index in [1.807, 2.05) is 0 Å². The van der Waals surface area contributed by atoms with Crippen molar-refractivity contribution in [3.63, 3.8) is 0 Å². The van der Waals surface area contributed by atoms with E-state index >= 15 is 0 Å². The SMILES string of the molecule is Nc1cc(Cl)c(Nc2ccc(Br)c(Cl)c2)c(C(=O)O)c1. The molecule has 20 heavy (non-hydrogen) atoms. The van der Waals surface area contributed by atoms with Crippen LogP contribution in [0.2, 0.25) is 10.0 Å². The Hall–Kier alpha value is -1.43. The molecule has 0 fully saturated rings. The highest BCUT2D eigenvalue weighted by Gasteiger charge is 2.15. The number of carboxylic acid groups (broad SMARTS) is 1. The van der Waals surface area contributed by atoms with Gasteiger partial charge in [0.05, 0.1) is 21.3 Å². The lowest BCUT2D eigenvalue weighted by molar-refractivity contribution is 0.0698. The lowest BCUT2D eigenvalue weighted by atomic mass is 10.1. The van der Waals surface area contributed by atoms with Crippen molar-refractivity contribution >= 4 is 62.2 Å². The molecule has 0 aliphatic heterocycles. The number of halogens is 3. The Morgan fingerprint density at radius 1 is 1.20 bits per heavy atom. The standard InChI is InChI=1S/C13H9BrCl2N2O2/c14-9-2-1-7(5-10(9)15)18-12-8(13(19)20)3-6(17)4-11(12)16/h1-5,18H,17H2,(H,19,20). The second kappa shape index (κ2) is 5.91. The fourth-order valence-corrected chi connectivity index (χ4v) is 2.34. The topological polar surface area (TPSA) is 75.3 Å². The summed E-state index contributed by atoms with van der Waals surface area (Å²) in [6, 6.07) is 7.97. The number of aromatic carboxylic acids is 1. The highest BCUT2D eigenvalue weighted by atomic mass is 79.9. The molecule has 7 heteroatoms. The first-order valence-corrected chi connectivity index (χ1v) is 6.98. The van der Waals surface area contributed by atoms with E-state index in [9.17, 15) is 9.90 Å². The predicted molar refractivity (Wildman–Crippen MR) is 85.3 cm³/mol. The van der Waals surface area contributed by atoms with Gasteiger partial charge in [-0.05, 0) is 46.3 Å². The van der Waals surface area contributed by atoms with Gasteiger partial charge < -0.3 is 16.2 Å². The van der Waals surface area contributed by atoms with Gasteiger partial charge in [-0.15, -0.1) is 0 Å². The van der Waals surface area contributed by atoms with E-state index in [0.717, 1.165) is 4.47 Å². The molecule has 4 N–H and O–H groups in total. The number of benzene rings is 2. The van der Waals surface area contributed by atoms with E-state index in [4.69, 9.17) is 28.9 Å². The zero-order valence-corrected chi connectivity index (χ0v) is 13.1. The van der Waals surface area contributed by atoms with Crippen molar-refractivity contribution in [1.29, 1.82) is 0 Å². The lowest BCUT2D eigenvalue weighted by Gasteiger charge is -2.13. The molecule has 104 valence electrons. The quantitative estimate of drug-likeness (QED) is 0.674. The molecule has 0 radical (unpaired) electrons. The Morgan fingerprint density at radius 2 is 1.90 bits per heavy atom. The molecule has 2 aromatic carbocycles. The molecule has 0 amide bonds. The first-order valence-electron chi connectivity index (χ1n) is 5.43. The normalized spacial score (nSPS) is 10.3. The maximum Gasteiger partial charge on any atom is 0.337 e. The smallest absolute Gasteiger partial charge is 0.337 e. The Labute approximate surface area is 133 Å². The first kappa shape index (κ1) is 15.0. The zero-order chi connectivity index (χ0) is 14.9. The van der Waals surface area contributed by atoms with Crippen LogP contribution in [0.4, 0.5) is 17.1 Å². The van der Waals surface area contributed by atoms with Crippen LogP contribution in [0.1, 0.15) is 10.4 Å². The minimum Gasteiger partial charge on any atom is -0.478 e. The van der Waals surface area contributed by atoms with Crippen LogP contribution in [0.15, 0.2) is 34.8 Å². The average Bonchev–Trinajstić information content (AvgIpc) is 2.36. The van der Waals surface area contributed by atoms with Crippen LogP contribution >= 0.6 is 39.1 Å². The van der Waals surface area contributed by atoms with E-state index in [2.05, 4.69) is 21.2 Å². The molecule has 2 rings (SSSR count). The van der Waals surface area contributed by atoms with Gasteiger partial charge in [-0.2, -0.15) is 0 Å². The third-order valence-electron chi connectivity index (χ3n) is 2.53. The molecule has 4 nitrogen and oxygen atoms in total. The van der Waals surface area contributed by atoms with Gasteiger partial charge in [-0.25, -0.2) is 4.79 Å². The molecule has 0 saturated heterocycles. The second-order valence-corrected chi connectivity index (χ2v) is 5.65. The molecule has 0 heterocycles. The van der Waals surface area contributed by atoms with E-state index in [0.29, 0.717) is 10.7 Å². The summed E-state index contributed by atoms with van der Waals surface area (Å²) >= 11 is 15.3. The Kier molecular flexibility index (Phi) is 4.42. The van der Waals surface area contributed by atoms with Gasteiger partial charge in [0, 0.05) is 15.8 Å². The Bertz CT molecular complexity index is 692. The van der Waals surface area contributed by atoms with Crippen molar-refractivity contribution in [2.45, 2.75) is 0 Å². The highest BCUT2D eigenvalue weighted by molar-refractivity contribution is 9.10. The van der Waals surface area contributed by atoms with Crippen LogP contribution in [-0.2, 0) is 0 Å². The molecule has 2 aromatic rings. The summed E-state index contributed by atoms with van der Waals surface area (Å²) < 4.78 is 0.742. The van der Waals surface area contributed by atoms with Gasteiger partial charge >= 0.3 is 5.97 Å². The number of nitrogens with two attached hydrogens (primary N) is 1. The van der Waals surface area contributed by atoms with Crippen LogP contribution in [-0.4, -0.2) is 11.1 Å². The third kappa shape index (κ3) is 3.17. The Morgan fingerprint density at radius 3 is 2.50 bits per heavy atom. The van der Waals surface area contributed by atoms with Crippen molar-refractivity contribution < 1.29 is 9.90 Å². The summed E-state index contributed by atoms with van der Waals surface area (Å²) in [6.45, 7) is 0. The molecule has 0 bridgehead atoms. The Balaban J connectivity index is 2.47. The molecule has 0 atom stereocenters. The van der Waals surface area contributed by atoms with Crippen molar-refractivity contribution in [2.75, 3.05) is 11.1 Å². The second-order valence-electron chi connectivity index (χ2n) is 3.98. The van der Waals surface area contributed by atoms with E-state index in [-0.39, 0.29) is 22.0 Å². The van der Waals surface area contributed by atoms with Crippen LogP contribution in [0.3, 0.4) is 0 Å². The molecule has 0 spiro atoms. The van der Waals surface area contributed by atoms with Gasteiger partial charge in [0.25, 0.3) is 0 Å². The summed E-state index contributed by atoms with van der Waals surface area (Å²) in [5.41, 5.74) is 6.77. The summed E-state index contributed by atoms with van der Waals surface area (Å²) in [4.78, 5) is 11.2. The van der Waals surface area contributed by atoms with Crippen molar-refractivity contribution in [2.24, 2.45) is 0 Å². The number of carbonyl (C=O) groups is 1. The van der Waals surface area contributed by atoms with Crippen LogP contribution in [0.5, 0.6) is 0 Å². The number of anilines is 3. The molecular weight excluding hydrogens is 367 g/mol. The van der Waals surface area contributed by atoms with Gasteiger partial charge in [-0.3, -0.25) is 0 Å². The van der Waals surface area contributed by atoms with Crippen LogP contribution in [0, 0.1) is 0 Å². The van der Waals surface area contributed by atoms with Crippen molar-refractivity contribution in [3.05, 3.63) is 50.4 Å². The molecule has 0 aliphatic rings. The van der Waals surface area contributed by atoms with Crippen molar-refractivity contribution in [1.82, 2.24) is 0 Å². The summed E-state index contributed by atoms with van der Waals surface area (Å²) in [5, 5.41) is 12.9. The van der Waals surface area contributed by atoms with Gasteiger partial charge in [0.15, 0.2) is 0 Å². The van der Waals surface area contributed by atoms with Gasteiger partial charge in [0.1, 0.15) is 0 Å². The minimum absolute atomic E-state index is 0.00552. The molecule has 0 aromatic heterocycles. The highest BCUT2D eigenvalue weighted by Crippen LogP contribution is 2.33. The van der Waals surface area contributed by atoms with Crippen LogP contribution < -0.4 is 11.1 Å². The predicted octanol–water partition coefficient (Wildman–Crippen LogP) is 4.78. The number of carboxylic acids is 1. The van der Waals surface area contributed by atoms with E-state index in [1.165, 1.54) is 12.1 Å². The maximum absolute atomic E-state index is 11.2. The average molecular weight is 376 g/mol. The number of nitrogen functional groups attached to an aromatic ring is 1. The number of rotatable bonds is 3. The minimum atomic E-state index is -1.12. The van der Waals surface area contributed by atoms with E-state index < -0.39 is 5.97 Å². The molecule has 0 unspecified atom stereocenters. The number of nitrogens with one attached hydrogen (secondary N) is 1. The summed E-state index contributed by atoms with van der Waals surface area (Å²) in [7, 11) is 0. The zero-order valence-electron chi connectivity index (χ0n) is 9.95. The summed E-state index contributed by atoms with van der Waals surface area (Å²) in [6.07, 6.45) is 0.